The number of fused-ring (bicyclic) bond motifs is 5. The summed E-state index contributed by atoms with van der Waals surface area (Å²) in [5.74, 6) is 1.54. The van der Waals surface area contributed by atoms with Gasteiger partial charge >= 0.3 is 0 Å². The first-order valence-electron chi connectivity index (χ1n) is 8.95. The van der Waals surface area contributed by atoms with Gasteiger partial charge in [0.25, 0.3) is 0 Å². The molecular formula is C20H28O2. The van der Waals surface area contributed by atoms with Gasteiger partial charge in [-0.2, -0.15) is 0 Å². The summed E-state index contributed by atoms with van der Waals surface area (Å²) in [5, 5.41) is 10.9. The number of carbonyl (C=O) groups is 1. The summed E-state index contributed by atoms with van der Waals surface area (Å²) in [6.07, 6.45) is 11.4. The van der Waals surface area contributed by atoms with Gasteiger partial charge in [0.15, 0.2) is 5.78 Å². The summed E-state index contributed by atoms with van der Waals surface area (Å²) in [6, 6.07) is 0. The van der Waals surface area contributed by atoms with Crippen LogP contribution in [0.15, 0.2) is 23.3 Å². The van der Waals surface area contributed by atoms with Crippen molar-refractivity contribution < 1.29 is 9.90 Å². The van der Waals surface area contributed by atoms with Gasteiger partial charge in [0.1, 0.15) is 0 Å². The van der Waals surface area contributed by atoms with Gasteiger partial charge in [-0.15, -0.1) is 0 Å². The number of hydrogen-bond acceptors (Lipinski definition) is 2. The Hall–Kier alpha value is -0.890. The molecule has 2 heteroatoms. The highest BCUT2D eigenvalue weighted by Gasteiger charge is 2.59. The van der Waals surface area contributed by atoms with Crippen molar-refractivity contribution in [2.45, 2.75) is 71.3 Å². The highest BCUT2D eigenvalue weighted by Crippen LogP contribution is 2.65. The summed E-state index contributed by atoms with van der Waals surface area (Å²) in [6.45, 7) is 6.70. The summed E-state index contributed by atoms with van der Waals surface area (Å²) in [4.78, 5) is 11.8. The minimum atomic E-state index is -0.529. The Kier molecular flexibility index (Phi) is 2.90. The van der Waals surface area contributed by atoms with E-state index in [9.17, 15) is 9.90 Å². The molecule has 0 amide bonds. The van der Waals surface area contributed by atoms with Crippen molar-refractivity contribution in [1.29, 1.82) is 0 Å². The molecule has 0 bridgehead atoms. The highest BCUT2D eigenvalue weighted by molar-refractivity contribution is 5.92. The molecule has 0 aromatic rings. The average molecular weight is 300 g/mol. The van der Waals surface area contributed by atoms with Gasteiger partial charge in [-0.1, -0.05) is 31.1 Å². The number of ketones is 1. The van der Waals surface area contributed by atoms with E-state index >= 15 is 0 Å². The zero-order chi connectivity index (χ0) is 15.8. The average Bonchev–Trinajstić information content (AvgIpc) is 2.70. The van der Waals surface area contributed by atoms with Gasteiger partial charge in [0, 0.05) is 17.3 Å². The van der Waals surface area contributed by atoms with Crippen LogP contribution in [0.4, 0.5) is 0 Å². The molecule has 0 aromatic heterocycles. The molecule has 3 unspecified atom stereocenters. The first kappa shape index (κ1) is 14.7. The summed E-state index contributed by atoms with van der Waals surface area (Å²) >= 11 is 0. The molecule has 5 atom stereocenters. The SMILES string of the molecule is CC12CCC(=O)C=C1CC[C@@H]1C2=CCC2(C)C1CC[C@]2(C)O. The molecule has 120 valence electrons. The van der Waals surface area contributed by atoms with Crippen molar-refractivity contribution in [1.82, 2.24) is 0 Å². The third-order valence-corrected chi connectivity index (χ3v) is 7.90. The van der Waals surface area contributed by atoms with E-state index in [4.69, 9.17) is 0 Å². The lowest BCUT2D eigenvalue weighted by molar-refractivity contribution is -0.115. The lowest BCUT2D eigenvalue weighted by atomic mass is 9.51. The molecular weight excluding hydrogens is 272 g/mol. The number of carbonyl (C=O) groups excluding carboxylic acids is 1. The van der Waals surface area contributed by atoms with Crippen molar-refractivity contribution in [2.75, 3.05) is 0 Å². The van der Waals surface area contributed by atoms with Gasteiger partial charge in [-0.25, -0.2) is 0 Å². The van der Waals surface area contributed by atoms with Crippen molar-refractivity contribution >= 4 is 5.78 Å². The Balaban J connectivity index is 1.77. The maximum Gasteiger partial charge on any atom is 0.155 e. The zero-order valence-electron chi connectivity index (χ0n) is 14.1. The number of rotatable bonds is 0. The van der Waals surface area contributed by atoms with E-state index < -0.39 is 5.60 Å². The maximum absolute atomic E-state index is 11.8. The van der Waals surface area contributed by atoms with E-state index in [0.717, 1.165) is 38.5 Å². The minimum Gasteiger partial charge on any atom is -0.390 e. The van der Waals surface area contributed by atoms with Crippen LogP contribution in [0.5, 0.6) is 0 Å². The van der Waals surface area contributed by atoms with Crippen LogP contribution in [-0.2, 0) is 4.79 Å². The molecule has 1 N–H and O–H groups in total. The van der Waals surface area contributed by atoms with Crippen molar-refractivity contribution in [2.24, 2.45) is 22.7 Å². The topological polar surface area (TPSA) is 37.3 Å². The lowest BCUT2D eigenvalue weighted by Gasteiger charge is -2.54. The normalized spacial score (nSPS) is 50.6. The molecule has 4 aliphatic rings. The molecule has 4 rings (SSSR count). The fourth-order valence-electron chi connectivity index (χ4n) is 6.09. The van der Waals surface area contributed by atoms with E-state index in [2.05, 4.69) is 19.9 Å². The largest absolute Gasteiger partial charge is 0.390 e. The van der Waals surface area contributed by atoms with Gasteiger partial charge in [0.2, 0.25) is 0 Å². The monoisotopic (exact) mass is 300 g/mol. The minimum absolute atomic E-state index is 0.0310. The second-order valence-electron chi connectivity index (χ2n) is 8.81. The Morgan fingerprint density at radius 3 is 2.68 bits per heavy atom. The molecule has 2 nitrogen and oxygen atoms in total. The number of allylic oxidation sites excluding steroid dienone is 4. The molecule has 2 saturated carbocycles. The van der Waals surface area contributed by atoms with E-state index in [1.54, 1.807) is 5.57 Å². The second-order valence-corrected chi connectivity index (χ2v) is 8.81. The molecule has 0 aliphatic heterocycles. The van der Waals surface area contributed by atoms with Crippen LogP contribution >= 0.6 is 0 Å². The standard InChI is InChI=1S/C20H28O2/c1-18-9-6-14(21)12-13(18)4-5-15-16(18)7-10-19(2)17(15)8-11-20(19,3)22/h7,12,15,17,22H,4-6,8-11H2,1-3H3/t15-,17?,18?,19?,20+/m1/s1. The van der Waals surface area contributed by atoms with E-state index in [1.807, 2.05) is 13.0 Å². The smallest absolute Gasteiger partial charge is 0.155 e. The van der Waals surface area contributed by atoms with Crippen molar-refractivity contribution in [3.05, 3.63) is 23.3 Å². The predicted molar refractivity (Wildman–Crippen MR) is 87.3 cm³/mol. The zero-order valence-corrected chi connectivity index (χ0v) is 14.1. The van der Waals surface area contributed by atoms with Crippen molar-refractivity contribution in [3.8, 4) is 0 Å². The van der Waals surface area contributed by atoms with Crippen LogP contribution in [0.25, 0.3) is 0 Å². The fourth-order valence-corrected chi connectivity index (χ4v) is 6.09. The van der Waals surface area contributed by atoms with Gasteiger partial charge < -0.3 is 5.11 Å². The molecule has 2 fully saturated rings. The number of aliphatic hydroxyl groups is 1. The Bertz CT molecular complexity index is 597. The lowest BCUT2D eigenvalue weighted by Crippen LogP contribution is -2.49. The quantitative estimate of drug-likeness (QED) is 0.681. The van der Waals surface area contributed by atoms with Gasteiger partial charge in [-0.3, -0.25) is 4.79 Å². The first-order chi connectivity index (χ1) is 10.3. The highest BCUT2D eigenvalue weighted by atomic mass is 16.3. The second kappa shape index (κ2) is 4.35. The van der Waals surface area contributed by atoms with Crippen LogP contribution in [-0.4, -0.2) is 16.5 Å². The molecule has 0 radical (unpaired) electrons. The van der Waals surface area contributed by atoms with E-state index in [0.29, 0.717) is 24.0 Å². The summed E-state index contributed by atoms with van der Waals surface area (Å²) < 4.78 is 0. The van der Waals surface area contributed by atoms with Crippen LogP contribution < -0.4 is 0 Å². The van der Waals surface area contributed by atoms with Gasteiger partial charge in [0.05, 0.1) is 5.60 Å². The Morgan fingerprint density at radius 1 is 1.14 bits per heavy atom. The van der Waals surface area contributed by atoms with E-state index in [1.165, 1.54) is 5.57 Å². The molecule has 4 aliphatic carbocycles. The number of hydrogen-bond donors (Lipinski definition) is 1. The molecule has 0 heterocycles. The van der Waals surface area contributed by atoms with Gasteiger partial charge in [-0.05, 0) is 63.4 Å². The summed E-state index contributed by atoms with van der Waals surface area (Å²) in [7, 11) is 0. The summed E-state index contributed by atoms with van der Waals surface area (Å²) in [5.41, 5.74) is 2.59. The Labute approximate surface area is 133 Å². The maximum atomic E-state index is 11.8. The third kappa shape index (κ3) is 1.68. The Morgan fingerprint density at radius 2 is 1.91 bits per heavy atom. The molecule has 0 aromatic carbocycles. The first-order valence-corrected chi connectivity index (χ1v) is 8.95. The van der Waals surface area contributed by atoms with Crippen molar-refractivity contribution in [3.63, 3.8) is 0 Å². The molecule has 0 spiro atoms. The van der Waals surface area contributed by atoms with E-state index in [-0.39, 0.29) is 10.8 Å². The molecule has 0 saturated heterocycles. The van der Waals surface area contributed by atoms with Crippen LogP contribution in [0.3, 0.4) is 0 Å². The van der Waals surface area contributed by atoms with Crippen LogP contribution in [0.1, 0.15) is 65.7 Å². The molecule has 22 heavy (non-hydrogen) atoms. The van der Waals surface area contributed by atoms with Crippen LogP contribution in [0.2, 0.25) is 0 Å². The predicted octanol–water partition coefficient (Wildman–Crippen LogP) is 4.19. The third-order valence-electron chi connectivity index (χ3n) is 7.90. The van der Waals surface area contributed by atoms with Crippen LogP contribution in [0, 0.1) is 22.7 Å². The fraction of sp³-hybridized carbons (Fsp3) is 0.750.